The van der Waals surface area contributed by atoms with Crippen molar-refractivity contribution in [3.8, 4) is 0 Å². The van der Waals surface area contributed by atoms with Gasteiger partial charge in [0.2, 0.25) is 0 Å². The summed E-state index contributed by atoms with van der Waals surface area (Å²) < 4.78 is 1.21. The molecule has 0 atom stereocenters. The molecule has 0 heterocycles. The highest BCUT2D eigenvalue weighted by atomic mass is 79.9. The van der Waals surface area contributed by atoms with Crippen molar-refractivity contribution in [2.45, 2.75) is 57.8 Å². The summed E-state index contributed by atoms with van der Waals surface area (Å²) in [7, 11) is 0. The molecule has 17 heavy (non-hydrogen) atoms. The van der Waals surface area contributed by atoms with Crippen LogP contribution in [0.4, 0.5) is 0 Å². The van der Waals surface area contributed by atoms with Gasteiger partial charge in [0.15, 0.2) is 0 Å². The van der Waals surface area contributed by atoms with Crippen LogP contribution >= 0.6 is 15.9 Å². The van der Waals surface area contributed by atoms with Crippen molar-refractivity contribution in [1.29, 1.82) is 0 Å². The van der Waals surface area contributed by atoms with E-state index < -0.39 is 0 Å². The van der Waals surface area contributed by atoms with Gasteiger partial charge < -0.3 is 0 Å². The summed E-state index contributed by atoms with van der Waals surface area (Å²) in [5.74, 6) is 1.05. The summed E-state index contributed by atoms with van der Waals surface area (Å²) in [6, 6.07) is 8.73. The summed E-state index contributed by atoms with van der Waals surface area (Å²) in [4.78, 5) is 0. The van der Waals surface area contributed by atoms with Crippen molar-refractivity contribution in [2.24, 2.45) is 5.92 Å². The number of unbranched alkanes of at least 4 members (excludes halogenated alkanes) is 1. The first-order chi connectivity index (χ1) is 8.34. The second-order valence-electron chi connectivity index (χ2n) is 5.38. The molecule has 0 bridgehead atoms. The lowest BCUT2D eigenvalue weighted by Crippen LogP contribution is -2.05. The molecule has 0 unspecified atom stereocenters. The van der Waals surface area contributed by atoms with Crippen LogP contribution < -0.4 is 0 Å². The Bertz CT molecular complexity index is 326. The third-order valence-electron chi connectivity index (χ3n) is 3.94. The minimum Gasteiger partial charge on any atom is -0.0609 e. The molecule has 0 aromatic heterocycles. The van der Waals surface area contributed by atoms with Crippen molar-refractivity contribution < 1.29 is 0 Å². The number of rotatable bonds is 5. The minimum absolute atomic E-state index is 1.05. The van der Waals surface area contributed by atoms with E-state index in [-0.39, 0.29) is 0 Å². The lowest BCUT2D eigenvalue weighted by molar-refractivity contribution is 0.330. The molecular formula is C16H23Br. The van der Waals surface area contributed by atoms with Crippen LogP contribution in [-0.2, 0) is 6.42 Å². The van der Waals surface area contributed by atoms with Gasteiger partial charge in [0.05, 0.1) is 0 Å². The maximum absolute atomic E-state index is 3.53. The van der Waals surface area contributed by atoms with Crippen LogP contribution in [0.25, 0.3) is 0 Å². The van der Waals surface area contributed by atoms with Gasteiger partial charge in [-0.2, -0.15) is 0 Å². The number of hydrogen-bond acceptors (Lipinski definition) is 0. The van der Waals surface area contributed by atoms with Crippen LogP contribution in [0.3, 0.4) is 0 Å². The number of aryl methyl sites for hydroxylation is 1. The third kappa shape index (κ3) is 4.83. The fourth-order valence-electron chi connectivity index (χ4n) is 2.93. The van der Waals surface area contributed by atoms with E-state index in [2.05, 4.69) is 40.2 Å². The van der Waals surface area contributed by atoms with Crippen molar-refractivity contribution in [1.82, 2.24) is 0 Å². The van der Waals surface area contributed by atoms with Gasteiger partial charge >= 0.3 is 0 Å². The van der Waals surface area contributed by atoms with E-state index in [1.807, 2.05) is 0 Å². The summed E-state index contributed by atoms with van der Waals surface area (Å²) in [6.45, 7) is 0. The number of benzene rings is 1. The lowest BCUT2D eigenvalue weighted by atomic mass is 9.85. The zero-order valence-corrected chi connectivity index (χ0v) is 12.2. The Labute approximate surface area is 114 Å². The highest BCUT2D eigenvalue weighted by Gasteiger charge is 2.12. The van der Waals surface area contributed by atoms with Gasteiger partial charge in [-0.3, -0.25) is 0 Å². The van der Waals surface area contributed by atoms with Gasteiger partial charge in [-0.1, -0.05) is 73.0 Å². The van der Waals surface area contributed by atoms with Gasteiger partial charge in [-0.25, -0.2) is 0 Å². The molecule has 0 saturated heterocycles. The SMILES string of the molecule is Brc1cccc(CCCCC2CCCCC2)c1. The Morgan fingerprint density at radius 1 is 1.06 bits per heavy atom. The molecule has 2 rings (SSSR count). The molecule has 0 N–H and O–H groups in total. The quantitative estimate of drug-likeness (QED) is 0.607. The Kier molecular flexibility index (Phi) is 5.57. The molecule has 1 fully saturated rings. The van der Waals surface area contributed by atoms with Crippen LogP contribution in [0.15, 0.2) is 28.7 Å². The van der Waals surface area contributed by atoms with E-state index in [0.29, 0.717) is 0 Å². The van der Waals surface area contributed by atoms with Crippen LogP contribution in [0.2, 0.25) is 0 Å². The van der Waals surface area contributed by atoms with E-state index in [9.17, 15) is 0 Å². The standard InChI is InChI=1S/C16H23Br/c17-16-12-6-11-15(13-16)10-5-4-9-14-7-2-1-3-8-14/h6,11-14H,1-5,7-10H2. The fourth-order valence-corrected chi connectivity index (χ4v) is 3.38. The van der Waals surface area contributed by atoms with Gasteiger partial charge in [-0.15, -0.1) is 0 Å². The minimum atomic E-state index is 1.05. The van der Waals surface area contributed by atoms with E-state index in [0.717, 1.165) is 5.92 Å². The smallest absolute Gasteiger partial charge is 0.0177 e. The molecule has 94 valence electrons. The van der Waals surface area contributed by atoms with Gasteiger partial charge in [0.1, 0.15) is 0 Å². The number of halogens is 1. The number of hydrogen-bond donors (Lipinski definition) is 0. The van der Waals surface area contributed by atoms with E-state index >= 15 is 0 Å². The summed E-state index contributed by atoms with van der Waals surface area (Å²) >= 11 is 3.53. The molecular weight excluding hydrogens is 272 g/mol. The molecule has 0 spiro atoms. The average molecular weight is 295 g/mol. The molecule has 1 saturated carbocycles. The first-order valence-corrected chi connectivity index (χ1v) is 7.88. The van der Waals surface area contributed by atoms with Crippen LogP contribution in [0.1, 0.15) is 56.9 Å². The van der Waals surface area contributed by atoms with Crippen molar-refractivity contribution in [3.05, 3.63) is 34.3 Å². The molecule has 1 heteroatoms. The van der Waals surface area contributed by atoms with Crippen LogP contribution in [-0.4, -0.2) is 0 Å². The van der Waals surface area contributed by atoms with E-state index in [4.69, 9.17) is 0 Å². The molecule has 0 amide bonds. The fraction of sp³-hybridized carbons (Fsp3) is 0.625. The Hall–Kier alpha value is -0.300. The van der Waals surface area contributed by atoms with Crippen molar-refractivity contribution in [2.75, 3.05) is 0 Å². The molecule has 1 aromatic carbocycles. The topological polar surface area (TPSA) is 0 Å². The Balaban J connectivity index is 1.62. The zero-order valence-electron chi connectivity index (χ0n) is 10.6. The molecule has 0 aliphatic heterocycles. The van der Waals surface area contributed by atoms with Crippen LogP contribution in [0, 0.1) is 5.92 Å². The largest absolute Gasteiger partial charge is 0.0609 e. The van der Waals surface area contributed by atoms with Gasteiger partial charge in [0.25, 0.3) is 0 Å². The first-order valence-electron chi connectivity index (χ1n) is 7.09. The predicted molar refractivity (Wildman–Crippen MR) is 78.3 cm³/mol. The monoisotopic (exact) mass is 294 g/mol. The molecule has 0 nitrogen and oxygen atoms in total. The molecule has 0 radical (unpaired) electrons. The lowest BCUT2D eigenvalue weighted by Gasteiger charge is -2.21. The molecule has 1 aliphatic carbocycles. The predicted octanol–water partition coefficient (Wildman–Crippen LogP) is 5.74. The summed E-state index contributed by atoms with van der Waals surface area (Å²) in [5, 5.41) is 0. The zero-order chi connectivity index (χ0) is 11.9. The van der Waals surface area contributed by atoms with E-state index in [1.165, 1.54) is 67.8 Å². The van der Waals surface area contributed by atoms with Crippen molar-refractivity contribution >= 4 is 15.9 Å². The molecule has 1 aliphatic rings. The van der Waals surface area contributed by atoms with Gasteiger partial charge in [-0.05, 0) is 36.5 Å². The highest BCUT2D eigenvalue weighted by Crippen LogP contribution is 2.28. The average Bonchev–Trinajstić information content (AvgIpc) is 2.36. The first kappa shape index (κ1) is 13.1. The Morgan fingerprint density at radius 2 is 1.88 bits per heavy atom. The highest BCUT2D eigenvalue weighted by molar-refractivity contribution is 9.10. The van der Waals surface area contributed by atoms with Crippen molar-refractivity contribution in [3.63, 3.8) is 0 Å². The Morgan fingerprint density at radius 3 is 2.65 bits per heavy atom. The third-order valence-corrected chi connectivity index (χ3v) is 4.43. The summed E-state index contributed by atoms with van der Waals surface area (Å²) in [5.41, 5.74) is 1.48. The van der Waals surface area contributed by atoms with E-state index in [1.54, 1.807) is 0 Å². The second-order valence-corrected chi connectivity index (χ2v) is 6.30. The van der Waals surface area contributed by atoms with Gasteiger partial charge in [0, 0.05) is 4.47 Å². The maximum atomic E-state index is 3.53. The normalized spacial score (nSPS) is 17.2. The molecule has 1 aromatic rings. The maximum Gasteiger partial charge on any atom is 0.0177 e. The summed E-state index contributed by atoms with van der Waals surface area (Å²) in [6.07, 6.45) is 12.9. The van der Waals surface area contributed by atoms with Crippen LogP contribution in [0.5, 0.6) is 0 Å². The second kappa shape index (κ2) is 7.20.